The van der Waals surface area contributed by atoms with Gasteiger partial charge in [0, 0.05) is 23.6 Å². The van der Waals surface area contributed by atoms with Crippen molar-refractivity contribution >= 4 is 11.0 Å². The molecule has 0 spiro atoms. The summed E-state index contributed by atoms with van der Waals surface area (Å²) in [7, 11) is 1.61. The van der Waals surface area contributed by atoms with E-state index in [2.05, 4.69) is 5.16 Å². The average molecular weight is 192 g/mol. The fourth-order valence-corrected chi connectivity index (χ4v) is 1.48. The summed E-state index contributed by atoms with van der Waals surface area (Å²) in [5, 5.41) is 4.87. The van der Waals surface area contributed by atoms with Gasteiger partial charge in [0.15, 0.2) is 5.58 Å². The molecule has 4 heteroatoms. The highest BCUT2D eigenvalue weighted by molar-refractivity contribution is 5.81. The van der Waals surface area contributed by atoms with Crippen molar-refractivity contribution in [2.75, 3.05) is 7.11 Å². The fraction of sp³-hybridized carbons (Fsp3) is 0.300. The molecule has 1 aromatic heterocycles. The molecule has 0 aliphatic carbocycles. The quantitative estimate of drug-likeness (QED) is 0.785. The Morgan fingerprint density at radius 3 is 2.93 bits per heavy atom. The molecule has 0 aliphatic rings. The molecule has 0 unspecified atom stereocenters. The van der Waals surface area contributed by atoms with E-state index >= 15 is 0 Å². The van der Waals surface area contributed by atoms with Gasteiger partial charge in [-0.2, -0.15) is 0 Å². The maximum atomic E-state index is 5.61. The number of benzene rings is 1. The molecule has 2 aromatic rings. The van der Waals surface area contributed by atoms with Crippen LogP contribution in [0.15, 0.2) is 16.7 Å². The number of hydrogen-bond donors (Lipinski definition) is 1. The van der Waals surface area contributed by atoms with Gasteiger partial charge in [-0.25, -0.2) is 0 Å². The molecule has 4 nitrogen and oxygen atoms in total. The number of nitrogens with zero attached hydrogens (tertiary/aromatic N) is 1. The average Bonchev–Trinajstić information content (AvgIpc) is 2.58. The number of fused-ring (bicyclic) bond motifs is 1. The van der Waals surface area contributed by atoms with E-state index in [0.717, 1.165) is 28.0 Å². The van der Waals surface area contributed by atoms with Gasteiger partial charge in [0.05, 0.1) is 12.8 Å². The Kier molecular flexibility index (Phi) is 2.13. The summed E-state index contributed by atoms with van der Waals surface area (Å²) in [5.74, 6) is 0.746. The number of ether oxygens (including phenoxy) is 1. The molecule has 0 atom stereocenters. The molecule has 2 rings (SSSR count). The Morgan fingerprint density at radius 1 is 1.50 bits per heavy atom. The normalized spacial score (nSPS) is 10.8. The Balaban J connectivity index is 2.71. The van der Waals surface area contributed by atoms with Gasteiger partial charge in [-0.05, 0) is 13.0 Å². The minimum atomic E-state index is 0.448. The standard InChI is InChI=1S/C10H12N2O2/c1-6-8-3-7(5-11)9(13-2)4-10(8)14-12-6/h3-4H,5,11H2,1-2H3. The number of hydrogen-bond acceptors (Lipinski definition) is 4. The molecule has 0 saturated carbocycles. The molecule has 0 radical (unpaired) electrons. The first kappa shape index (κ1) is 9.02. The van der Waals surface area contributed by atoms with Gasteiger partial charge in [-0.15, -0.1) is 0 Å². The van der Waals surface area contributed by atoms with Crippen LogP contribution in [-0.4, -0.2) is 12.3 Å². The van der Waals surface area contributed by atoms with Crippen molar-refractivity contribution in [3.63, 3.8) is 0 Å². The summed E-state index contributed by atoms with van der Waals surface area (Å²) in [5.41, 5.74) is 8.17. The lowest BCUT2D eigenvalue weighted by molar-refractivity contribution is 0.407. The van der Waals surface area contributed by atoms with Crippen LogP contribution in [0.2, 0.25) is 0 Å². The largest absolute Gasteiger partial charge is 0.496 e. The smallest absolute Gasteiger partial charge is 0.170 e. The minimum Gasteiger partial charge on any atom is -0.496 e. The highest BCUT2D eigenvalue weighted by Gasteiger charge is 2.09. The predicted octanol–water partition coefficient (Wildman–Crippen LogP) is 1.60. The number of aromatic nitrogens is 1. The second-order valence-corrected chi connectivity index (χ2v) is 3.13. The molecule has 1 heterocycles. The zero-order valence-electron chi connectivity index (χ0n) is 8.20. The first-order valence-corrected chi connectivity index (χ1v) is 4.39. The van der Waals surface area contributed by atoms with Gasteiger partial charge in [-0.3, -0.25) is 0 Å². The van der Waals surface area contributed by atoms with Gasteiger partial charge in [-0.1, -0.05) is 5.16 Å². The first-order chi connectivity index (χ1) is 6.76. The van der Waals surface area contributed by atoms with Crippen LogP contribution in [0.25, 0.3) is 11.0 Å². The van der Waals surface area contributed by atoms with Crippen LogP contribution in [0.4, 0.5) is 0 Å². The summed E-state index contributed by atoms with van der Waals surface area (Å²) in [4.78, 5) is 0. The van der Waals surface area contributed by atoms with Crippen LogP contribution >= 0.6 is 0 Å². The molecule has 74 valence electrons. The summed E-state index contributed by atoms with van der Waals surface area (Å²) in [6, 6.07) is 3.78. The highest BCUT2D eigenvalue weighted by atomic mass is 16.5. The lowest BCUT2D eigenvalue weighted by atomic mass is 10.1. The molecule has 0 saturated heterocycles. The summed E-state index contributed by atoms with van der Waals surface area (Å²) < 4.78 is 10.3. The summed E-state index contributed by atoms with van der Waals surface area (Å²) in [6.07, 6.45) is 0. The molecule has 14 heavy (non-hydrogen) atoms. The van der Waals surface area contributed by atoms with Crippen LogP contribution in [0, 0.1) is 6.92 Å². The van der Waals surface area contributed by atoms with Crippen molar-refractivity contribution in [2.24, 2.45) is 5.73 Å². The second kappa shape index (κ2) is 3.31. The zero-order chi connectivity index (χ0) is 10.1. The summed E-state index contributed by atoms with van der Waals surface area (Å²) >= 11 is 0. The molecular weight excluding hydrogens is 180 g/mol. The van der Waals surface area contributed by atoms with Crippen LogP contribution in [0.5, 0.6) is 5.75 Å². The van der Waals surface area contributed by atoms with Gasteiger partial charge < -0.3 is 15.0 Å². The van der Waals surface area contributed by atoms with Crippen molar-refractivity contribution in [1.29, 1.82) is 0 Å². The molecule has 0 bridgehead atoms. The van der Waals surface area contributed by atoms with E-state index in [1.54, 1.807) is 7.11 Å². The van der Waals surface area contributed by atoms with E-state index in [1.807, 2.05) is 19.1 Å². The van der Waals surface area contributed by atoms with Crippen molar-refractivity contribution in [1.82, 2.24) is 5.16 Å². The lowest BCUT2D eigenvalue weighted by Crippen LogP contribution is -1.99. The Bertz CT molecular complexity index is 462. The zero-order valence-corrected chi connectivity index (χ0v) is 8.20. The second-order valence-electron chi connectivity index (χ2n) is 3.13. The molecule has 1 aromatic carbocycles. The van der Waals surface area contributed by atoms with Crippen molar-refractivity contribution in [3.05, 3.63) is 23.4 Å². The van der Waals surface area contributed by atoms with Crippen molar-refractivity contribution in [3.8, 4) is 5.75 Å². The number of nitrogens with two attached hydrogens (primary N) is 1. The van der Waals surface area contributed by atoms with E-state index < -0.39 is 0 Å². The van der Waals surface area contributed by atoms with Crippen molar-refractivity contribution in [2.45, 2.75) is 13.5 Å². The Morgan fingerprint density at radius 2 is 2.29 bits per heavy atom. The third kappa shape index (κ3) is 1.24. The minimum absolute atomic E-state index is 0.448. The first-order valence-electron chi connectivity index (χ1n) is 4.39. The van der Waals surface area contributed by atoms with Crippen LogP contribution < -0.4 is 10.5 Å². The summed E-state index contributed by atoms with van der Waals surface area (Å²) in [6.45, 7) is 2.35. The van der Waals surface area contributed by atoms with Gasteiger partial charge in [0.2, 0.25) is 0 Å². The monoisotopic (exact) mass is 192 g/mol. The van der Waals surface area contributed by atoms with Crippen LogP contribution in [0.3, 0.4) is 0 Å². The van der Waals surface area contributed by atoms with Crippen LogP contribution in [-0.2, 0) is 6.54 Å². The van der Waals surface area contributed by atoms with Crippen LogP contribution in [0.1, 0.15) is 11.3 Å². The molecule has 2 N–H and O–H groups in total. The topological polar surface area (TPSA) is 61.3 Å². The number of aryl methyl sites for hydroxylation is 1. The molecule has 0 fully saturated rings. The SMILES string of the molecule is COc1cc2onc(C)c2cc1CN. The molecular formula is C10H12N2O2. The highest BCUT2D eigenvalue weighted by Crippen LogP contribution is 2.27. The molecule has 0 amide bonds. The predicted molar refractivity (Wildman–Crippen MR) is 53.2 cm³/mol. The van der Waals surface area contributed by atoms with Gasteiger partial charge >= 0.3 is 0 Å². The van der Waals surface area contributed by atoms with Gasteiger partial charge in [0.25, 0.3) is 0 Å². The fourth-order valence-electron chi connectivity index (χ4n) is 1.48. The van der Waals surface area contributed by atoms with E-state index in [1.165, 1.54) is 0 Å². The third-order valence-corrected chi connectivity index (χ3v) is 2.27. The third-order valence-electron chi connectivity index (χ3n) is 2.27. The van der Waals surface area contributed by atoms with E-state index in [9.17, 15) is 0 Å². The number of methoxy groups -OCH3 is 1. The Labute approximate surface area is 81.6 Å². The molecule has 0 aliphatic heterocycles. The van der Waals surface area contributed by atoms with Gasteiger partial charge in [0.1, 0.15) is 5.75 Å². The van der Waals surface area contributed by atoms with E-state index in [4.69, 9.17) is 15.0 Å². The van der Waals surface area contributed by atoms with E-state index in [-0.39, 0.29) is 0 Å². The maximum absolute atomic E-state index is 5.61. The Hall–Kier alpha value is -1.55. The maximum Gasteiger partial charge on any atom is 0.170 e. The van der Waals surface area contributed by atoms with Crippen molar-refractivity contribution < 1.29 is 9.26 Å². The number of rotatable bonds is 2. The van der Waals surface area contributed by atoms with E-state index in [0.29, 0.717) is 6.54 Å². The lowest BCUT2D eigenvalue weighted by Gasteiger charge is -2.05.